The number of likely N-dealkylation sites (N-methyl/N-ethyl adjacent to an activating group) is 1. The molecule has 7 nitrogen and oxygen atoms in total. The highest BCUT2D eigenvalue weighted by Gasteiger charge is 2.23. The van der Waals surface area contributed by atoms with Gasteiger partial charge in [-0.15, -0.1) is 0 Å². The van der Waals surface area contributed by atoms with Crippen molar-refractivity contribution in [3.8, 4) is 11.5 Å². The summed E-state index contributed by atoms with van der Waals surface area (Å²) in [5.74, 6) is 2.68. The van der Waals surface area contributed by atoms with E-state index in [1.165, 1.54) is 0 Å². The van der Waals surface area contributed by atoms with Crippen LogP contribution in [0.5, 0.6) is 11.5 Å². The molecule has 118 valence electrons. The van der Waals surface area contributed by atoms with Crippen molar-refractivity contribution in [1.82, 2.24) is 15.0 Å². The number of para-hydroxylation sites is 2. The lowest BCUT2D eigenvalue weighted by Gasteiger charge is -2.30. The van der Waals surface area contributed by atoms with E-state index < -0.39 is 0 Å². The van der Waals surface area contributed by atoms with Crippen molar-refractivity contribution < 1.29 is 14.0 Å². The molecule has 0 amide bonds. The van der Waals surface area contributed by atoms with Crippen LogP contribution < -0.4 is 15.2 Å². The van der Waals surface area contributed by atoms with E-state index in [9.17, 15) is 0 Å². The van der Waals surface area contributed by atoms with Crippen molar-refractivity contribution in [2.24, 2.45) is 5.73 Å². The summed E-state index contributed by atoms with van der Waals surface area (Å²) in [6, 6.07) is 7.71. The van der Waals surface area contributed by atoms with E-state index in [1.54, 1.807) is 0 Å². The minimum atomic E-state index is -0.0178. The lowest BCUT2D eigenvalue weighted by Crippen LogP contribution is -2.40. The van der Waals surface area contributed by atoms with E-state index in [4.69, 9.17) is 19.7 Å². The minimum Gasteiger partial charge on any atom is -0.486 e. The Bertz CT molecular complexity index is 616. The monoisotopic (exact) mass is 304 g/mol. The van der Waals surface area contributed by atoms with Gasteiger partial charge in [0.05, 0.1) is 13.1 Å². The molecule has 0 saturated carbocycles. The van der Waals surface area contributed by atoms with Crippen molar-refractivity contribution >= 4 is 0 Å². The van der Waals surface area contributed by atoms with Gasteiger partial charge in [0.25, 0.3) is 0 Å². The molecule has 1 aliphatic heterocycles. The molecular formula is C15H20N4O3. The van der Waals surface area contributed by atoms with Gasteiger partial charge in [-0.25, -0.2) is 0 Å². The summed E-state index contributed by atoms with van der Waals surface area (Å²) in [6.45, 7) is 5.07. The molecule has 3 rings (SSSR count). The van der Waals surface area contributed by atoms with Crippen LogP contribution >= 0.6 is 0 Å². The summed E-state index contributed by atoms with van der Waals surface area (Å²) < 4.78 is 16.7. The SMILES string of the molecule is CCN(Cc1noc(CN)n1)CC1COc2ccccc2O1. The predicted octanol–water partition coefficient (Wildman–Crippen LogP) is 1.19. The van der Waals surface area contributed by atoms with Crippen molar-refractivity contribution in [3.63, 3.8) is 0 Å². The topological polar surface area (TPSA) is 86.6 Å². The Balaban J connectivity index is 1.59. The van der Waals surface area contributed by atoms with Gasteiger partial charge in [0.15, 0.2) is 17.3 Å². The number of benzene rings is 1. The highest BCUT2D eigenvalue weighted by molar-refractivity contribution is 5.40. The molecule has 1 unspecified atom stereocenters. The molecular weight excluding hydrogens is 284 g/mol. The maximum atomic E-state index is 5.98. The third-order valence-corrected chi connectivity index (χ3v) is 3.53. The normalized spacial score (nSPS) is 17.0. The molecule has 0 aliphatic carbocycles. The molecule has 22 heavy (non-hydrogen) atoms. The lowest BCUT2D eigenvalue weighted by atomic mass is 10.2. The lowest BCUT2D eigenvalue weighted by molar-refractivity contribution is 0.0571. The Labute approximate surface area is 129 Å². The summed E-state index contributed by atoms with van der Waals surface area (Å²) in [7, 11) is 0. The molecule has 1 atom stereocenters. The average molecular weight is 304 g/mol. The zero-order valence-electron chi connectivity index (χ0n) is 12.6. The summed E-state index contributed by atoms with van der Waals surface area (Å²) in [5, 5.41) is 3.92. The second-order valence-electron chi connectivity index (χ2n) is 5.13. The molecule has 0 bridgehead atoms. The van der Waals surface area contributed by atoms with Gasteiger partial charge in [-0.3, -0.25) is 4.90 Å². The maximum Gasteiger partial charge on any atom is 0.240 e. The van der Waals surface area contributed by atoms with Crippen LogP contribution in [-0.4, -0.2) is 40.8 Å². The number of nitrogens with two attached hydrogens (primary N) is 1. The van der Waals surface area contributed by atoms with Crippen LogP contribution in [0.4, 0.5) is 0 Å². The van der Waals surface area contributed by atoms with Crippen molar-refractivity contribution in [2.75, 3.05) is 19.7 Å². The van der Waals surface area contributed by atoms with Gasteiger partial charge in [0, 0.05) is 6.54 Å². The molecule has 1 aromatic heterocycles. The summed E-state index contributed by atoms with van der Waals surface area (Å²) in [5.41, 5.74) is 5.47. The molecule has 1 aliphatic rings. The molecule has 0 saturated heterocycles. The molecule has 7 heteroatoms. The van der Waals surface area contributed by atoms with Crippen molar-refractivity contribution in [3.05, 3.63) is 36.0 Å². The third-order valence-electron chi connectivity index (χ3n) is 3.53. The van der Waals surface area contributed by atoms with E-state index >= 15 is 0 Å². The Hall–Kier alpha value is -2.12. The van der Waals surface area contributed by atoms with Gasteiger partial charge >= 0.3 is 0 Å². The van der Waals surface area contributed by atoms with E-state index in [2.05, 4.69) is 22.0 Å². The number of hydrogen-bond donors (Lipinski definition) is 1. The Kier molecular flexibility index (Phi) is 4.55. The molecule has 2 heterocycles. The van der Waals surface area contributed by atoms with Crippen LogP contribution in [0, 0.1) is 0 Å². The van der Waals surface area contributed by atoms with Gasteiger partial charge in [0.2, 0.25) is 5.89 Å². The molecule has 1 aromatic carbocycles. The van der Waals surface area contributed by atoms with Gasteiger partial charge in [-0.2, -0.15) is 4.98 Å². The number of nitrogens with zero attached hydrogens (tertiary/aromatic N) is 3. The maximum absolute atomic E-state index is 5.98. The summed E-state index contributed by atoms with van der Waals surface area (Å²) in [4.78, 5) is 6.42. The van der Waals surface area contributed by atoms with Crippen LogP contribution in [0.2, 0.25) is 0 Å². The second kappa shape index (κ2) is 6.76. The van der Waals surface area contributed by atoms with Crippen LogP contribution in [0.25, 0.3) is 0 Å². The van der Waals surface area contributed by atoms with E-state index in [-0.39, 0.29) is 12.6 Å². The van der Waals surface area contributed by atoms with E-state index in [0.717, 1.165) is 24.6 Å². The zero-order valence-corrected chi connectivity index (χ0v) is 12.6. The number of rotatable bonds is 6. The van der Waals surface area contributed by atoms with Gasteiger partial charge in [-0.05, 0) is 18.7 Å². The summed E-state index contributed by atoms with van der Waals surface area (Å²) in [6.07, 6.45) is -0.0178. The highest BCUT2D eigenvalue weighted by Crippen LogP contribution is 2.31. The minimum absolute atomic E-state index is 0.0178. The number of fused-ring (bicyclic) bond motifs is 1. The molecule has 2 N–H and O–H groups in total. The van der Waals surface area contributed by atoms with E-state index in [1.807, 2.05) is 24.3 Å². The predicted molar refractivity (Wildman–Crippen MR) is 79.5 cm³/mol. The summed E-state index contributed by atoms with van der Waals surface area (Å²) >= 11 is 0. The Morgan fingerprint density at radius 2 is 2.14 bits per heavy atom. The van der Waals surface area contributed by atoms with Crippen LogP contribution in [0.3, 0.4) is 0 Å². The first kappa shape index (κ1) is 14.8. The van der Waals surface area contributed by atoms with Crippen molar-refractivity contribution in [2.45, 2.75) is 26.1 Å². The Morgan fingerprint density at radius 3 is 2.86 bits per heavy atom. The fraction of sp³-hybridized carbons (Fsp3) is 0.467. The first-order chi connectivity index (χ1) is 10.8. The number of ether oxygens (including phenoxy) is 2. The highest BCUT2D eigenvalue weighted by atomic mass is 16.6. The first-order valence-corrected chi connectivity index (χ1v) is 7.41. The standard InChI is InChI=1S/C15H20N4O3/c1-2-19(9-14-17-15(7-16)22-18-14)8-11-10-20-12-5-3-4-6-13(12)21-11/h3-6,11H,2,7-10,16H2,1H3. The third kappa shape index (κ3) is 3.37. The molecule has 0 fully saturated rings. The molecule has 2 aromatic rings. The van der Waals surface area contributed by atoms with Crippen LogP contribution in [0.1, 0.15) is 18.6 Å². The second-order valence-corrected chi connectivity index (χ2v) is 5.13. The average Bonchev–Trinajstić information content (AvgIpc) is 3.01. The van der Waals surface area contributed by atoms with Gasteiger partial charge in [-0.1, -0.05) is 24.2 Å². The number of aromatic nitrogens is 2. The van der Waals surface area contributed by atoms with Crippen molar-refractivity contribution in [1.29, 1.82) is 0 Å². The van der Waals surface area contributed by atoms with Gasteiger partial charge in [0.1, 0.15) is 12.7 Å². The van der Waals surface area contributed by atoms with E-state index in [0.29, 0.717) is 24.9 Å². The van der Waals surface area contributed by atoms with Crippen LogP contribution in [-0.2, 0) is 13.1 Å². The molecule has 0 radical (unpaired) electrons. The fourth-order valence-corrected chi connectivity index (χ4v) is 2.38. The zero-order chi connectivity index (χ0) is 15.4. The van der Waals surface area contributed by atoms with Gasteiger partial charge < -0.3 is 19.7 Å². The molecule has 0 spiro atoms. The number of hydrogen-bond acceptors (Lipinski definition) is 7. The smallest absolute Gasteiger partial charge is 0.240 e. The largest absolute Gasteiger partial charge is 0.486 e. The quantitative estimate of drug-likeness (QED) is 0.857. The Morgan fingerprint density at radius 1 is 1.32 bits per heavy atom. The fourth-order valence-electron chi connectivity index (χ4n) is 2.38. The first-order valence-electron chi connectivity index (χ1n) is 7.41. The van der Waals surface area contributed by atoms with Crippen LogP contribution in [0.15, 0.2) is 28.8 Å².